The average Bonchev–Trinajstić information content (AvgIpc) is 3.15. The van der Waals surface area contributed by atoms with Crippen molar-refractivity contribution < 1.29 is 9.53 Å². The lowest BCUT2D eigenvalue weighted by atomic mass is 9.73. The van der Waals surface area contributed by atoms with Crippen molar-refractivity contribution in [2.75, 3.05) is 32.8 Å². The highest BCUT2D eigenvalue weighted by atomic mass is 16.5. The van der Waals surface area contributed by atoms with Gasteiger partial charge in [-0.15, -0.1) is 0 Å². The molecule has 3 saturated heterocycles. The molecule has 0 aromatic heterocycles. The van der Waals surface area contributed by atoms with Gasteiger partial charge in [0, 0.05) is 37.6 Å². The quantitative estimate of drug-likeness (QED) is 0.732. The molecular weight excluding hydrogens is 354 g/mol. The third kappa shape index (κ3) is 3.30. The number of carbonyl (C=O) groups excluding carboxylic acids is 1. The maximum atomic E-state index is 12.8. The maximum absolute atomic E-state index is 12.8. The molecule has 1 saturated carbocycles. The molecule has 0 spiro atoms. The fourth-order valence-corrected chi connectivity index (χ4v) is 5.55. The van der Waals surface area contributed by atoms with Crippen molar-refractivity contribution in [3.05, 3.63) is 35.9 Å². The van der Waals surface area contributed by atoms with E-state index in [2.05, 4.69) is 40.1 Å². The van der Waals surface area contributed by atoms with Gasteiger partial charge in [0.05, 0.1) is 25.4 Å². The van der Waals surface area contributed by atoms with Crippen molar-refractivity contribution >= 4 is 6.03 Å². The fraction of sp³-hybridized carbons (Fsp3) is 0.667. The lowest BCUT2D eigenvalue weighted by Crippen LogP contribution is -2.62. The number of carbonyl (C=O) groups is 1. The van der Waals surface area contributed by atoms with Crippen molar-refractivity contribution in [2.24, 2.45) is 11.8 Å². The Kier molecular flexibility index (Phi) is 5.00. The number of amides is 2. The minimum Gasteiger partial charge on any atom is -0.379 e. The summed E-state index contributed by atoms with van der Waals surface area (Å²) in [6.45, 7) is 6.59. The Hall–Kier alpha value is -1.67. The van der Waals surface area contributed by atoms with Crippen LogP contribution in [0.25, 0.3) is 0 Å². The van der Waals surface area contributed by atoms with Gasteiger partial charge >= 0.3 is 6.03 Å². The van der Waals surface area contributed by atoms with Gasteiger partial charge in [0.1, 0.15) is 0 Å². The predicted octanol–water partition coefficient (Wildman–Crippen LogP) is 1.30. The zero-order valence-electron chi connectivity index (χ0n) is 16.5. The lowest BCUT2D eigenvalue weighted by Gasteiger charge is -2.48. The smallest absolute Gasteiger partial charge is 0.318 e. The summed E-state index contributed by atoms with van der Waals surface area (Å²) in [5.41, 5.74) is 8.25. The van der Waals surface area contributed by atoms with Crippen LogP contribution in [0.4, 0.5) is 4.79 Å². The Bertz CT molecular complexity index is 695. The van der Waals surface area contributed by atoms with Gasteiger partial charge < -0.3 is 15.0 Å². The van der Waals surface area contributed by atoms with Crippen LogP contribution < -0.4 is 16.2 Å². The largest absolute Gasteiger partial charge is 0.379 e. The third-order valence-electron chi connectivity index (χ3n) is 7.18. The highest BCUT2D eigenvalue weighted by Gasteiger charge is 2.49. The van der Waals surface area contributed by atoms with E-state index >= 15 is 0 Å². The van der Waals surface area contributed by atoms with E-state index < -0.39 is 0 Å². The summed E-state index contributed by atoms with van der Waals surface area (Å²) in [4.78, 5) is 17.4. The second-order valence-electron chi connectivity index (χ2n) is 8.68. The number of ether oxygens (including phenoxy) is 1. The van der Waals surface area contributed by atoms with Crippen LogP contribution in [0.2, 0.25) is 0 Å². The molecular formula is C21H31N5O2. The normalized spacial score (nSPS) is 37.1. The number of benzene rings is 1. The topological polar surface area (TPSA) is 68.9 Å². The molecule has 2 amide bonds. The molecule has 0 radical (unpaired) electrons. The van der Waals surface area contributed by atoms with Crippen LogP contribution in [0.3, 0.4) is 0 Å². The zero-order valence-corrected chi connectivity index (χ0v) is 16.5. The molecule has 7 nitrogen and oxygen atoms in total. The van der Waals surface area contributed by atoms with E-state index in [0.717, 1.165) is 45.7 Å². The van der Waals surface area contributed by atoms with E-state index in [1.807, 2.05) is 23.1 Å². The van der Waals surface area contributed by atoms with Crippen LogP contribution >= 0.6 is 0 Å². The number of hydrazine groups is 1. The van der Waals surface area contributed by atoms with E-state index in [0.29, 0.717) is 24.0 Å². The van der Waals surface area contributed by atoms with Crippen molar-refractivity contribution in [3.63, 3.8) is 0 Å². The summed E-state index contributed by atoms with van der Waals surface area (Å²) < 4.78 is 5.53. The first-order valence-electron chi connectivity index (χ1n) is 10.7. The average molecular weight is 386 g/mol. The maximum Gasteiger partial charge on any atom is 0.318 e. The lowest BCUT2D eigenvalue weighted by molar-refractivity contribution is -0.00820. The van der Waals surface area contributed by atoms with Crippen molar-refractivity contribution in [2.45, 2.75) is 44.1 Å². The minimum atomic E-state index is 0.0757. The first-order chi connectivity index (χ1) is 13.7. The highest BCUT2D eigenvalue weighted by molar-refractivity contribution is 5.76. The molecule has 4 aliphatic rings. The highest BCUT2D eigenvalue weighted by Crippen LogP contribution is 2.39. The summed E-state index contributed by atoms with van der Waals surface area (Å²) in [5, 5.41) is 3.31. The number of morpholine rings is 1. The first kappa shape index (κ1) is 18.4. The molecule has 1 aromatic rings. The van der Waals surface area contributed by atoms with Gasteiger partial charge in [0.25, 0.3) is 0 Å². The molecule has 5 unspecified atom stereocenters. The van der Waals surface area contributed by atoms with E-state index in [9.17, 15) is 4.79 Å². The molecule has 4 fully saturated rings. The Balaban J connectivity index is 1.29. The Morgan fingerprint density at radius 3 is 2.64 bits per heavy atom. The van der Waals surface area contributed by atoms with Gasteiger partial charge in [-0.25, -0.2) is 10.2 Å². The van der Waals surface area contributed by atoms with Crippen LogP contribution in [-0.4, -0.2) is 66.9 Å². The van der Waals surface area contributed by atoms with E-state index in [-0.39, 0.29) is 18.1 Å². The Labute approximate surface area is 166 Å². The number of nitrogens with one attached hydrogen (secondary N) is 3. The molecule has 3 heterocycles. The van der Waals surface area contributed by atoms with Gasteiger partial charge in [-0.3, -0.25) is 10.3 Å². The standard InChI is InChI=1S/C21H31N5O2/c1-14(15-5-3-2-4-6-15)26-13-16-11-17-19(12-18(16)22-21(26)27)23-24-20(17)25-7-9-28-10-8-25/h2-6,14,16-20,23-24H,7-13H2,1H3,(H,22,27)/t14-,16?,17?,18?,19?,20?/m1/s1. The van der Waals surface area contributed by atoms with Crippen LogP contribution in [0.5, 0.6) is 0 Å². The molecule has 3 aliphatic heterocycles. The van der Waals surface area contributed by atoms with E-state index in [1.54, 1.807) is 0 Å². The second-order valence-corrected chi connectivity index (χ2v) is 8.68. The zero-order chi connectivity index (χ0) is 19.1. The number of fused-ring (bicyclic) bond motifs is 2. The number of urea groups is 1. The molecule has 28 heavy (non-hydrogen) atoms. The molecule has 152 valence electrons. The van der Waals surface area contributed by atoms with Crippen LogP contribution in [0, 0.1) is 11.8 Å². The summed E-state index contributed by atoms with van der Waals surface area (Å²) in [6.07, 6.45) is 2.51. The Morgan fingerprint density at radius 1 is 1.07 bits per heavy atom. The summed E-state index contributed by atoms with van der Waals surface area (Å²) in [5.74, 6) is 1.07. The van der Waals surface area contributed by atoms with Crippen LogP contribution in [0.15, 0.2) is 30.3 Å². The summed E-state index contributed by atoms with van der Waals surface area (Å²) in [6, 6.07) is 11.2. The van der Waals surface area contributed by atoms with Crippen LogP contribution in [-0.2, 0) is 4.74 Å². The van der Waals surface area contributed by atoms with Gasteiger partial charge in [-0.2, -0.15) is 0 Å². The Morgan fingerprint density at radius 2 is 1.86 bits per heavy atom. The van der Waals surface area contributed by atoms with Gasteiger partial charge in [0.2, 0.25) is 0 Å². The summed E-state index contributed by atoms with van der Waals surface area (Å²) >= 11 is 0. The molecule has 0 bridgehead atoms. The number of hydrogen-bond acceptors (Lipinski definition) is 5. The molecule has 1 aliphatic carbocycles. The second kappa shape index (κ2) is 7.63. The van der Waals surface area contributed by atoms with Crippen molar-refractivity contribution in [1.29, 1.82) is 0 Å². The third-order valence-corrected chi connectivity index (χ3v) is 7.18. The van der Waals surface area contributed by atoms with Gasteiger partial charge in [0.15, 0.2) is 0 Å². The minimum absolute atomic E-state index is 0.0757. The predicted molar refractivity (Wildman–Crippen MR) is 106 cm³/mol. The molecule has 5 rings (SSSR count). The van der Waals surface area contributed by atoms with Crippen LogP contribution in [0.1, 0.15) is 31.4 Å². The number of hydrogen-bond donors (Lipinski definition) is 3. The van der Waals surface area contributed by atoms with Crippen molar-refractivity contribution in [1.82, 2.24) is 26.0 Å². The fourth-order valence-electron chi connectivity index (χ4n) is 5.55. The van der Waals surface area contributed by atoms with E-state index in [1.165, 1.54) is 5.56 Å². The first-order valence-corrected chi connectivity index (χ1v) is 10.7. The van der Waals surface area contributed by atoms with E-state index in [4.69, 9.17) is 4.74 Å². The number of rotatable bonds is 3. The monoisotopic (exact) mass is 385 g/mol. The molecule has 7 heteroatoms. The summed E-state index contributed by atoms with van der Waals surface area (Å²) in [7, 11) is 0. The molecule has 1 aromatic carbocycles. The van der Waals surface area contributed by atoms with Crippen molar-refractivity contribution in [3.8, 4) is 0 Å². The van der Waals surface area contributed by atoms with Gasteiger partial charge in [-0.1, -0.05) is 30.3 Å². The van der Waals surface area contributed by atoms with Gasteiger partial charge in [-0.05, 0) is 31.2 Å². The molecule has 6 atom stereocenters. The SMILES string of the molecule is C[C@H](c1ccccc1)N1CC2CC3C(CC2NC1=O)NNC3N1CCOCC1. The number of nitrogens with zero attached hydrogens (tertiary/aromatic N) is 2. The molecule has 3 N–H and O–H groups in total.